The van der Waals surface area contributed by atoms with Gasteiger partial charge >= 0.3 is 0 Å². The molecular formula is C30H22N4O5S. The Bertz CT molecular complexity index is 1630. The third kappa shape index (κ3) is 5.62. The number of carbonyl (C=O) groups excluding carboxylic acids is 3. The van der Waals surface area contributed by atoms with Crippen LogP contribution in [0.2, 0.25) is 0 Å². The van der Waals surface area contributed by atoms with Crippen molar-refractivity contribution in [3.05, 3.63) is 135 Å². The molecular weight excluding hydrogens is 528 g/mol. The molecule has 0 aliphatic carbocycles. The van der Waals surface area contributed by atoms with Gasteiger partial charge in [-0.3, -0.25) is 24.5 Å². The third-order valence-electron chi connectivity index (χ3n) is 6.05. The second-order valence-electron chi connectivity index (χ2n) is 8.86. The zero-order valence-electron chi connectivity index (χ0n) is 21.2. The number of amides is 3. The summed E-state index contributed by atoms with van der Waals surface area (Å²) in [6.07, 6.45) is 0. The van der Waals surface area contributed by atoms with E-state index in [1.807, 2.05) is 49.4 Å². The van der Waals surface area contributed by atoms with E-state index in [2.05, 4.69) is 10.6 Å². The third-order valence-corrected chi connectivity index (χ3v) is 7.14. The van der Waals surface area contributed by atoms with Gasteiger partial charge in [0.1, 0.15) is 10.6 Å². The number of hydrogen-bond acceptors (Lipinski definition) is 7. The summed E-state index contributed by atoms with van der Waals surface area (Å²) in [4.78, 5) is 51.9. The van der Waals surface area contributed by atoms with E-state index in [0.29, 0.717) is 22.0 Å². The minimum atomic E-state index is -0.531. The molecule has 0 radical (unpaired) electrons. The molecule has 4 aromatic carbocycles. The maximum absolute atomic E-state index is 13.5. The molecule has 3 amide bonds. The van der Waals surface area contributed by atoms with Crippen LogP contribution in [-0.2, 0) is 9.59 Å². The number of hydrogen-bond donors (Lipinski definition) is 2. The van der Waals surface area contributed by atoms with Crippen molar-refractivity contribution in [1.29, 1.82) is 0 Å². The average Bonchev–Trinajstić information content (AvgIpc) is 3.19. The van der Waals surface area contributed by atoms with Crippen LogP contribution in [0.15, 0.2) is 119 Å². The molecule has 4 aromatic rings. The summed E-state index contributed by atoms with van der Waals surface area (Å²) >= 11 is 1.15. The summed E-state index contributed by atoms with van der Waals surface area (Å²) in [5.41, 5.74) is 3.01. The maximum atomic E-state index is 13.5. The summed E-state index contributed by atoms with van der Waals surface area (Å²) < 4.78 is 0. The maximum Gasteiger partial charge on any atom is 0.283 e. The van der Waals surface area contributed by atoms with Gasteiger partial charge in [-0.05, 0) is 67.6 Å². The number of para-hydroxylation sites is 1. The molecule has 0 bridgehead atoms. The summed E-state index contributed by atoms with van der Waals surface area (Å²) in [5, 5.41) is 16.7. The minimum Gasteiger partial charge on any atom is -0.350 e. The molecule has 0 aromatic heterocycles. The van der Waals surface area contributed by atoms with E-state index in [0.717, 1.165) is 22.2 Å². The van der Waals surface area contributed by atoms with Crippen molar-refractivity contribution in [2.24, 2.45) is 0 Å². The molecule has 0 saturated heterocycles. The molecule has 0 atom stereocenters. The summed E-state index contributed by atoms with van der Waals surface area (Å²) in [7, 11) is 0. The summed E-state index contributed by atoms with van der Waals surface area (Å²) in [5.74, 6) is -1.31. The van der Waals surface area contributed by atoms with Crippen LogP contribution in [0, 0.1) is 17.0 Å². The molecule has 9 nitrogen and oxygen atoms in total. The number of benzene rings is 4. The van der Waals surface area contributed by atoms with Gasteiger partial charge in [-0.25, -0.2) is 4.90 Å². The highest BCUT2D eigenvalue weighted by molar-refractivity contribution is 8.04. The number of nitro groups is 1. The van der Waals surface area contributed by atoms with Crippen molar-refractivity contribution in [3.63, 3.8) is 0 Å². The Morgan fingerprint density at radius 2 is 1.45 bits per heavy atom. The zero-order chi connectivity index (χ0) is 28.2. The largest absolute Gasteiger partial charge is 0.350 e. The van der Waals surface area contributed by atoms with E-state index in [-0.39, 0.29) is 21.9 Å². The number of anilines is 3. The van der Waals surface area contributed by atoms with Gasteiger partial charge in [0.25, 0.3) is 23.4 Å². The van der Waals surface area contributed by atoms with E-state index < -0.39 is 22.6 Å². The first-order chi connectivity index (χ1) is 19.3. The Morgan fingerprint density at radius 3 is 2.08 bits per heavy atom. The number of nitrogens with one attached hydrogen (secondary N) is 2. The number of nitro benzene ring substituents is 1. The lowest BCUT2D eigenvalue weighted by Crippen LogP contribution is -2.32. The zero-order valence-corrected chi connectivity index (χ0v) is 22.0. The van der Waals surface area contributed by atoms with E-state index in [9.17, 15) is 24.5 Å². The fourth-order valence-electron chi connectivity index (χ4n) is 3.97. The van der Waals surface area contributed by atoms with Crippen LogP contribution in [0.3, 0.4) is 0 Å². The summed E-state index contributed by atoms with van der Waals surface area (Å²) in [6.45, 7) is 1.93. The molecule has 1 heterocycles. The topological polar surface area (TPSA) is 122 Å². The van der Waals surface area contributed by atoms with Crippen molar-refractivity contribution in [1.82, 2.24) is 0 Å². The standard InChI is InChI=1S/C30H22N4O5S/c1-19-7-13-23(14-8-19)33-29(36)26(31-21-5-3-2-4-6-21)27(30(33)37)40-25-17-11-22(12-18-25)32-28(35)20-9-15-24(16-10-20)34(38)39/h2-18,31H,1H3,(H,32,35). The molecule has 0 saturated carbocycles. The van der Waals surface area contributed by atoms with Crippen LogP contribution in [0.25, 0.3) is 0 Å². The fraction of sp³-hybridized carbons (Fsp3) is 0.0333. The SMILES string of the molecule is Cc1ccc(N2C(=O)C(Nc3ccccc3)=C(Sc3ccc(NC(=O)c4ccc([N+](=O)[O-])cc4)cc3)C2=O)cc1. The molecule has 1 aliphatic rings. The first-order valence-electron chi connectivity index (χ1n) is 12.2. The molecule has 40 heavy (non-hydrogen) atoms. The molecule has 2 N–H and O–H groups in total. The molecule has 0 spiro atoms. The number of imide groups is 1. The molecule has 10 heteroatoms. The number of non-ortho nitro benzene ring substituents is 1. The van der Waals surface area contributed by atoms with Gasteiger partial charge < -0.3 is 10.6 Å². The Hall–Kier alpha value is -5.22. The Morgan fingerprint density at radius 1 is 0.800 bits per heavy atom. The van der Waals surface area contributed by atoms with Crippen LogP contribution in [-0.4, -0.2) is 22.6 Å². The number of nitrogens with zero attached hydrogens (tertiary/aromatic N) is 2. The van der Waals surface area contributed by atoms with Crippen LogP contribution >= 0.6 is 11.8 Å². The smallest absolute Gasteiger partial charge is 0.283 e. The van der Waals surface area contributed by atoms with Gasteiger partial charge in [-0.15, -0.1) is 0 Å². The van der Waals surface area contributed by atoms with E-state index in [4.69, 9.17) is 0 Å². The number of rotatable bonds is 8. The van der Waals surface area contributed by atoms with Gasteiger partial charge in [0, 0.05) is 34.0 Å². The highest BCUT2D eigenvalue weighted by atomic mass is 32.2. The van der Waals surface area contributed by atoms with Crippen molar-refractivity contribution >= 4 is 52.2 Å². The Balaban J connectivity index is 1.37. The number of thioether (sulfide) groups is 1. The van der Waals surface area contributed by atoms with Crippen LogP contribution in [0.4, 0.5) is 22.7 Å². The lowest BCUT2D eigenvalue weighted by Gasteiger charge is -2.15. The van der Waals surface area contributed by atoms with E-state index >= 15 is 0 Å². The predicted octanol–water partition coefficient (Wildman–Crippen LogP) is 6.14. The Kier molecular flexibility index (Phi) is 7.43. The van der Waals surface area contributed by atoms with E-state index in [1.165, 1.54) is 24.3 Å². The highest BCUT2D eigenvalue weighted by Crippen LogP contribution is 2.38. The first-order valence-corrected chi connectivity index (χ1v) is 13.0. The molecule has 0 fully saturated rings. The van der Waals surface area contributed by atoms with Crippen LogP contribution in [0.1, 0.15) is 15.9 Å². The second-order valence-corrected chi connectivity index (χ2v) is 9.94. The molecule has 1 aliphatic heterocycles. The average molecular weight is 551 g/mol. The van der Waals surface area contributed by atoms with Gasteiger partial charge in [0.15, 0.2) is 0 Å². The van der Waals surface area contributed by atoms with Gasteiger partial charge in [-0.1, -0.05) is 47.7 Å². The van der Waals surface area contributed by atoms with Crippen LogP contribution in [0.5, 0.6) is 0 Å². The highest BCUT2D eigenvalue weighted by Gasteiger charge is 2.40. The van der Waals surface area contributed by atoms with Crippen molar-refractivity contribution < 1.29 is 19.3 Å². The summed E-state index contributed by atoms with van der Waals surface area (Å²) in [6, 6.07) is 28.4. The lowest BCUT2D eigenvalue weighted by molar-refractivity contribution is -0.384. The monoisotopic (exact) mass is 550 g/mol. The Labute approximate surface area is 233 Å². The van der Waals surface area contributed by atoms with Crippen LogP contribution < -0.4 is 15.5 Å². The predicted molar refractivity (Wildman–Crippen MR) is 154 cm³/mol. The molecule has 5 rings (SSSR count). The number of aryl methyl sites for hydroxylation is 1. The quantitative estimate of drug-likeness (QED) is 0.153. The van der Waals surface area contributed by atoms with Crippen molar-refractivity contribution in [3.8, 4) is 0 Å². The van der Waals surface area contributed by atoms with E-state index in [1.54, 1.807) is 36.4 Å². The lowest BCUT2D eigenvalue weighted by atomic mass is 10.2. The second kappa shape index (κ2) is 11.3. The fourth-order valence-corrected chi connectivity index (χ4v) is 4.90. The normalized spacial score (nSPS) is 13.0. The molecule has 0 unspecified atom stereocenters. The van der Waals surface area contributed by atoms with Gasteiger partial charge in [-0.2, -0.15) is 0 Å². The number of carbonyl (C=O) groups is 3. The molecule has 198 valence electrons. The van der Waals surface area contributed by atoms with Gasteiger partial charge in [0.2, 0.25) is 0 Å². The van der Waals surface area contributed by atoms with Gasteiger partial charge in [0.05, 0.1) is 10.6 Å². The first kappa shape index (κ1) is 26.4. The van der Waals surface area contributed by atoms with Crippen molar-refractivity contribution in [2.45, 2.75) is 11.8 Å². The van der Waals surface area contributed by atoms with Crippen molar-refractivity contribution in [2.75, 3.05) is 15.5 Å². The minimum absolute atomic E-state index is 0.103.